The molecule has 0 radical (unpaired) electrons. The Balaban J connectivity index is 1.76. The number of anilines is 1. The summed E-state index contributed by atoms with van der Waals surface area (Å²) in [5.74, 6) is -0.266. The molecule has 128 valence electrons. The van der Waals surface area contributed by atoms with Crippen LogP contribution in [0.25, 0.3) is 0 Å². The minimum Gasteiger partial charge on any atom is -0.453 e. The van der Waals surface area contributed by atoms with Gasteiger partial charge in [-0.1, -0.05) is 24.3 Å². The topological polar surface area (TPSA) is 79.2 Å². The lowest BCUT2D eigenvalue weighted by Crippen LogP contribution is -2.30. The molecule has 0 bridgehead atoms. The van der Waals surface area contributed by atoms with Crippen LogP contribution >= 0.6 is 11.8 Å². The van der Waals surface area contributed by atoms with Gasteiger partial charge in [-0.15, -0.1) is 11.8 Å². The molecule has 2 aromatic carbocycles. The van der Waals surface area contributed by atoms with Gasteiger partial charge < -0.3 is 10.1 Å². The number of esters is 1. The zero-order chi connectivity index (χ0) is 18.1. The van der Waals surface area contributed by atoms with Gasteiger partial charge in [0.05, 0.1) is 18.1 Å². The number of nitrogens with one attached hydrogen (secondary N) is 1. The quantitative estimate of drug-likeness (QED) is 0.607. The highest BCUT2D eigenvalue weighted by atomic mass is 32.2. The van der Waals surface area contributed by atoms with E-state index >= 15 is 0 Å². The smallest absolute Gasteiger partial charge is 0.307 e. The molecule has 0 spiro atoms. The van der Waals surface area contributed by atoms with Crippen LogP contribution in [0.1, 0.15) is 18.9 Å². The largest absolute Gasteiger partial charge is 0.453 e. The normalized spacial score (nSPS) is 11.2. The minimum atomic E-state index is -0.903. The molecule has 2 aromatic rings. The van der Waals surface area contributed by atoms with Crippen molar-refractivity contribution in [3.05, 3.63) is 60.2 Å². The molecule has 0 aliphatic heterocycles. The van der Waals surface area contributed by atoms with E-state index in [0.717, 1.165) is 4.90 Å². The third-order valence-electron chi connectivity index (χ3n) is 3.25. The molecule has 0 unspecified atom stereocenters. The molecule has 0 heterocycles. The summed E-state index contributed by atoms with van der Waals surface area (Å²) in [6.45, 7) is 1.52. The Labute approximate surface area is 151 Å². The van der Waals surface area contributed by atoms with E-state index in [0.29, 0.717) is 17.0 Å². The first-order valence-electron chi connectivity index (χ1n) is 7.77. The van der Waals surface area contributed by atoms with Crippen LogP contribution in [0.4, 0.5) is 5.69 Å². The van der Waals surface area contributed by atoms with Crippen LogP contribution in [0.15, 0.2) is 59.5 Å². The third-order valence-corrected chi connectivity index (χ3v) is 4.27. The first kappa shape index (κ1) is 18.6. The van der Waals surface area contributed by atoms with Crippen molar-refractivity contribution in [3.63, 3.8) is 0 Å². The molecule has 1 amide bonds. The van der Waals surface area contributed by atoms with Crippen molar-refractivity contribution in [2.75, 3.05) is 11.1 Å². The monoisotopic (exact) mass is 354 g/mol. The summed E-state index contributed by atoms with van der Waals surface area (Å²) in [5, 5.41) is 11.5. The van der Waals surface area contributed by atoms with Gasteiger partial charge in [0.1, 0.15) is 0 Å². The zero-order valence-electron chi connectivity index (χ0n) is 13.8. The maximum atomic E-state index is 12.1. The molecular weight excluding hydrogens is 336 g/mol. The fourth-order valence-corrected chi connectivity index (χ4v) is 2.84. The van der Waals surface area contributed by atoms with Crippen LogP contribution in [-0.2, 0) is 14.3 Å². The van der Waals surface area contributed by atoms with Crippen molar-refractivity contribution < 1.29 is 14.3 Å². The molecule has 0 aliphatic rings. The second-order valence-corrected chi connectivity index (χ2v) is 6.39. The SMILES string of the molecule is C[C@@H](OC(=O)CCSc1ccccc1)C(=O)Nc1cccc(C#N)c1. The molecular formula is C19H18N2O3S. The summed E-state index contributed by atoms with van der Waals surface area (Å²) < 4.78 is 5.15. The molecule has 1 atom stereocenters. The third kappa shape index (κ3) is 6.32. The number of nitrogens with zero attached hydrogens (tertiary/aromatic N) is 1. The van der Waals surface area contributed by atoms with Gasteiger partial charge in [0.15, 0.2) is 6.10 Å². The fraction of sp³-hybridized carbons (Fsp3) is 0.211. The van der Waals surface area contributed by atoms with Gasteiger partial charge in [-0.05, 0) is 37.3 Å². The standard InChI is InChI=1S/C19H18N2O3S/c1-14(19(23)21-16-7-5-6-15(12-16)13-20)24-18(22)10-11-25-17-8-3-2-4-9-17/h2-9,12,14H,10-11H2,1H3,(H,21,23)/t14-/m1/s1. The lowest BCUT2D eigenvalue weighted by Gasteiger charge is -2.13. The van der Waals surface area contributed by atoms with Gasteiger partial charge >= 0.3 is 5.97 Å². The van der Waals surface area contributed by atoms with Crippen LogP contribution in [0.3, 0.4) is 0 Å². The first-order chi connectivity index (χ1) is 12.1. The number of rotatable bonds is 7. The number of hydrogen-bond acceptors (Lipinski definition) is 5. The second kappa shape index (κ2) is 9.50. The van der Waals surface area contributed by atoms with E-state index in [4.69, 9.17) is 10.00 Å². The molecule has 0 aromatic heterocycles. The summed E-state index contributed by atoms with van der Waals surface area (Å²) in [7, 11) is 0. The summed E-state index contributed by atoms with van der Waals surface area (Å²) >= 11 is 1.56. The molecule has 5 nitrogen and oxygen atoms in total. The average Bonchev–Trinajstić information content (AvgIpc) is 2.62. The Hall–Kier alpha value is -2.78. The summed E-state index contributed by atoms with van der Waals surface area (Å²) in [6.07, 6.45) is -0.679. The van der Waals surface area contributed by atoms with E-state index in [1.807, 2.05) is 36.4 Å². The molecule has 0 saturated heterocycles. The number of thioether (sulfide) groups is 1. The van der Waals surface area contributed by atoms with Crippen LogP contribution in [0.2, 0.25) is 0 Å². The van der Waals surface area contributed by atoms with Gasteiger partial charge in [-0.25, -0.2) is 0 Å². The van der Waals surface area contributed by atoms with Crippen molar-refractivity contribution in [2.24, 2.45) is 0 Å². The minimum absolute atomic E-state index is 0.223. The summed E-state index contributed by atoms with van der Waals surface area (Å²) in [5.41, 5.74) is 0.937. The molecule has 0 saturated carbocycles. The van der Waals surface area contributed by atoms with Gasteiger partial charge in [0.25, 0.3) is 5.91 Å². The highest BCUT2D eigenvalue weighted by molar-refractivity contribution is 7.99. The van der Waals surface area contributed by atoms with Crippen molar-refractivity contribution in [1.29, 1.82) is 5.26 Å². The van der Waals surface area contributed by atoms with Gasteiger partial charge in [-0.3, -0.25) is 9.59 Å². The lowest BCUT2D eigenvalue weighted by molar-refractivity contribution is -0.152. The Morgan fingerprint density at radius 1 is 1.20 bits per heavy atom. The maximum absolute atomic E-state index is 12.1. The Kier molecular flexibility index (Phi) is 7.05. The van der Waals surface area contributed by atoms with Crippen LogP contribution in [-0.4, -0.2) is 23.7 Å². The highest BCUT2D eigenvalue weighted by Gasteiger charge is 2.17. The molecule has 6 heteroatoms. The van der Waals surface area contributed by atoms with E-state index in [9.17, 15) is 9.59 Å². The van der Waals surface area contributed by atoms with Crippen molar-refractivity contribution >= 4 is 29.3 Å². The number of benzene rings is 2. The van der Waals surface area contributed by atoms with E-state index in [1.54, 1.807) is 36.0 Å². The van der Waals surface area contributed by atoms with Crippen molar-refractivity contribution in [1.82, 2.24) is 0 Å². The van der Waals surface area contributed by atoms with Crippen LogP contribution in [0, 0.1) is 11.3 Å². The average molecular weight is 354 g/mol. The van der Waals surface area contributed by atoms with Gasteiger partial charge in [-0.2, -0.15) is 5.26 Å². The Morgan fingerprint density at radius 3 is 2.68 bits per heavy atom. The highest BCUT2D eigenvalue weighted by Crippen LogP contribution is 2.18. The van der Waals surface area contributed by atoms with Gasteiger partial charge in [0.2, 0.25) is 0 Å². The van der Waals surface area contributed by atoms with Gasteiger partial charge in [0, 0.05) is 16.3 Å². The predicted octanol–water partition coefficient (Wildman–Crippen LogP) is 3.61. The molecule has 25 heavy (non-hydrogen) atoms. The van der Waals surface area contributed by atoms with Crippen LogP contribution in [0.5, 0.6) is 0 Å². The maximum Gasteiger partial charge on any atom is 0.307 e. The van der Waals surface area contributed by atoms with Crippen LogP contribution < -0.4 is 5.32 Å². The number of nitriles is 1. The molecule has 1 N–H and O–H groups in total. The van der Waals surface area contributed by atoms with E-state index in [-0.39, 0.29) is 6.42 Å². The van der Waals surface area contributed by atoms with E-state index < -0.39 is 18.0 Å². The fourth-order valence-electron chi connectivity index (χ4n) is 1.99. The Bertz CT molecular complexity index is 772. The number of carbonyl (C=O) groups excluding carboxylic acids is 2. The Morgan fingerprint density at radius 2 is 1.96 bits per heavy atom. The number of hydrogen-bond donors (Lipinski definition) is 1. The lowest BCUT2D eigenvalue weighted by atomic mass is 10.2. The molecule has 0 fully saturated rings. The number of ether oxygens (including phenoxy) is 1. The predicted molar refractivity (Wildman–Crippen MR) is 97.1 cm³/mol. The zero-order valence-corrected chi connectivity index (χ0v) is 14.6. The van der Waals surface area contributed by atoms with E-state index in [1.165, 1.54) is 6.92 Å². The number of amides is 1. The van der Waals surface area contributed by atoms with Crippen molar-refractivity contribution in [3.8, 4) is 6.07 Å². The second-order valence-electron chi connectivity index (χ2n) is 5.23. The number of carbonyl (C=O) groups is 2. The summed E-state index contributed by atoms with van der Waals surface area (Å²) in [6, 6.07) is 18.3. The van der Waals surface area contributed by atoms with Crippen molar-refractivity contribution in [2.45, 2.75) is 24.3 Å². The summed E-state index contributed by atoms with van der Waals surface area (Å²) in [4.78, 5) is 25.0. The first-order valence-corrected chi connectivity index (χ1v) is 8.75. The van der Waals surface area contributed by atoms with E-state index in [2.05, 4.69) is 5.32 Å². The molecule has 0 aliphatic carbocycles. The molecule has 2 rings (SSSR count).